The molecule has 8 nitrogen and oxygen atoms in total. The number of amides is 3. The van der Waals surface area contributed by atoms with Gasteiger partial charge in [0.25, 0.3) is 0 Å². The number of carboxylic acids is 1. The number of urea groups is 1. The third kappa shape index (κ3) is 3.79. The van der Waals surface area contributed by atoms with E-state index in [0.29, 0.717) is 0 Å². The first-order valence-corrected chi connectivity index (χ1v) is 7.78. The van der Waals surface area contributed by atoms with E-state index < -0.39 is 33.0 Å². The maximum atomic E-state index is 12.2. The normalized spacial score (nSPS) is 12.5. The second kappa shape index (κ2) is 6.22. The highest BCUT2D eigenvalue weighted by atomic mass is 79.9. The lowest BCUT2D eigenvalue weighted by Gasteiger charge is -2.12. The number of nitrogens with two attached hydrogens (primary N) is 1. The lowest BCUT2D eigenvalue weighted by Crippen LogP contribution is -2.43. The van der Waals surface area contributed by atoms with E-state index in [0.717, 1.165) is 19.1 Å². The van der Waals surface area contributed by atoms with Gasteiger partial charge in [0, 0.05) is 4.47 Å². The Balaban J connectivity index is 3.25. The molecule has 1 aromatic rings. The highest BCUT2D eigenvalue weighted by molar-refractivity contribution is 9.10. The minimum atomic E-state index is -4.16. The SMILES string of the molecule is CC(C(=O)NC(N)=O)S(=O)(=O)c1ccc(Br)c(C(=O)O)c1. The smallest absolute Gasteiger partial charge is 0.336 e. The number of carboxylic acid groups (broad SMARTS) is 1. The zero-order valence-corrected chi connectivity index (χ0v) is 13.1. The zero-order valence-electron chi connectivity index (χ0n) is 10.7. The Labute approximate surface area is 128 Å². The summed E-state index contributed by atoms with van der Waals surface area (Å²) in [5.41, 5.74) is 4.48. The fourth-order valence-corrected chi connectivity index (χ4v) is 3.12. The Kier molecular flexibility index (Phi) is 5.07. The lowest BCUT2D eigenvalue weighted by molar-refractivity contribution is -0.119. The van der Waals surface area contributed by atoms with Crippen LogP contribution < -0.4 is 11.1 Å². The molecule has 114 valence electrons. The van der Waals surface area contributed by atoms with Crippen LogP contribution >= 0.6 is 15.9 Å². The maximum absolute atomic E-state index is 12.2. The first-order valence-electron chi connectivity index (χ1n) is 5.44. The molecule has 0 aliphatic carbocycles. The number of rotatable bonds is 4. The van der Waals surface area contributed by atoms with Gasteiger partial charge in [-0.2, -0.15) is 0 Å². The molecule has 3 amide bonds. The van der Waals surface area contributed by atoms with Crippen molar-refractivity contribution in [2.45, 2.75) is 17.1 Å². The Morgan fingerprint density at radius 2 is 1.90 bits per heavy atom. The van der Waals surface area contributed by atoms with Gasteiger partial charge in [-0.1, -0.05) is 0 Å². The predicted octanol–water partition coefficient (Wildman–Crippen LogP) is 0.504. The summed E-state index contributed by atoms with van der Waals surface area (Å²) in [6, 6.07) is 2.15. The molecule has 1 atom stereocenters. The molecule has 0 spiro atoms. The Hall–Kier alpha value is -1.94. The molecular weight excluding hydrogens is 368 g/mol. The maximum Gasteiger partial charge on any atom is 0.336 e. The number of sulfone groups is 1. The molecule has 0 heterocycles. The minimum absolute atomic E-state index is 0.197. The average molecular weight is 379 g/mol. The summed E-state index contributed by atoms with van der Waals surface area (Å²) in [5, 5.41) is 9.02. The first-order chi connectivity index (χ1) is 9.57. The summed E-state index contributed by atoms with van der Waals surface area (Å²) in [6.45, 7) is 1.07. The molecule has 1 unspecified atom stereocenters. The third-order valence-electron chi connectivity index (χ3n) is 2.58. The van der Waals surface area contributed by atoms with Crippen LogP contribution in [-0.2, 0) is 14.6 Å². The van der Waals surface area contributed by atoms with Crippen molar-refractivity contribution in [3.05, 3.63) is 28.2 Å². The minimum Gasteiger partial charge on any atom is -0.478 e. The van der Waals surface area contributed by atoms with Crippen LogP contribution in [0.15, 0.2) is 27.6 Å². The van der Waals surface area contributed by atoms with Crippen molar-refractivity contribution in [3.8, 4) is 0 Å². The van der Waals surface area contributed by atoms with Crippen LogP contribution in [0.3, 0.4) is 0 Å². The summed E-state index contributed by atoms with van der Waals surface area (Å²) in [6.07, 6.45) is 0. The Morgan fingerprint density at radius 3 is 2.38 bits per heavy atom. The van der Waals surface area contributed by atoms with Gasteiger partial charge in [0.05, 0.1) is 10.5 Å². The van der Waals surface area contributed by atoms with Gasteiger partial charge in [-0.05, 0) is 41.1 Å². The van der Waals surface area contributed by atoms with E-state index in [4.69, 9.17) is 10.8 Å². The molecule has 0 radical (unpaired) electrons. The number of hydrogen-bond acceptors (Lipinski definition) is 5. The van der Waals surface area contributed by atoms with Crippen molar-refractivity contribution in [2.75, 3.05) is 0 Å². The van der Waals surface area contributed by atoms with E-state index in [1.165, 1.54) is 6.07 Å². The molecule has 0 bridgehead atoms. The Morgan fingerprint density at radius 1 is 1.33 bits per heavy atom. The van der Waals surface area contributed by atoms with Crippen molar-refractivity contribution in [1.82, 2.24) is 5.32 Å². The standard InChI is InChI=1S/C11H11BrN2O6S/c1-5(9(15)14-11(13)18)21(19,20)6-2-3-8(12)7(4-6)10(16)17/h2-5H,1H3,(H,16,17)(H3,13,14,15,18). The van der Waals surface area contributed by atoms with E-state index in [1.54, 1.807) is 5.32 Å². The van der Waals surface area contributed by atoms with Gasteiger partial charge in [-0.15, -0.1) is 0 Å². The third-order valence-corrected chi connectivity index (χ3v) is 5.33. The van der Waals surface area contributed by atoms with Crippen LogP contribution in [0, 0.1) is 0 Å². The number of carbonyl (C=O) groups excluding carboxylic acids is 2. The Bertz CT molecular complexity index is 715. The van der Waals surface area contributed by atoms with Gasteiger partial charge in [0.15, 0.2) is 9.84 Å². The largest absolute Gasteiger partial charge is 0.478 e. The monoisotopic (exact) mass is 378 g/mol. The van der Waals surface area contributed by atoms with E-state index >= 15 is 0 Å². The highest BCUT2D eigenvalue weighted by Crippen LogP contribution is 2.23. The number of primary amides is 1. The highest BCUT2D eigenvalue weighted by Gasteiger charge is 2.31. The van der Waals surface area contributed by atoms with E-state index in [2.05, 4.69) is 15.9 Å². The van der Waals surface area contributed by atoms with Gasteiger partial charge in [-0.25, -0.2) is 18.0 Å². The number of aromatic carboxylic acids is 1. The van der Waals surface area contributed by atoms with Gasteiger partial charge in [-0.3, -0.25) is 10.1 Å². The molecule has 1 rings (SSSR count). The first kappa shape index (κ1) is 17.1. The molecular formula is C11H11BrN2O6S. The number of carbonyl (C=O) groups is 3. The molecule has 1 aromatic carbocycles. The molecule has 21 heavy (non-hydrogen) atoms. The van der Waals surface area contributed by atoms with Crippen molar-refractivity contribution < 1.29 is 27.9 Å². The van der Waals surface area contributed by atoms with Gasteiger partial charge in [0.2, 0.25) is 5.91 Å². The summed E-state index contributed by atoms with van der Waals surface area (Å²) < 4.78 is 24.6. The number of halogens is 1. The van der Waals surface area contributed by atoms with Crippen molar-refractivity contribution >= 4 is 43.7 Å². The number of nitrogens with one attached hydrogen (secondary N) is 1. The number of benzene rings is 1. The van der Waals surface area contributed by atoms with Crippen molar-refractivity contribution in [2.24, 2.45) is 5.73 Å². The molecule has 0 saturated heterocycles. The van der Waals surface area contributed by atoms with Crippen molar-refractivity contribution in [3.63, 3.8) is 0 Å². The molecule has 0 aromatic heterocycles. The number of hydrogen-bond donors (Lipinski definition) is 3. The summed E-state index contributed by atoms with van der Waals surface area (Å²) in [7, 11) is -4.16. The quantitative estimate of drug-likeness (QED) is 0.695. The van der Waals surface area contributed by atoms with Crippen LogP contribution in [0.2, 0.25) is 0 Å². The molecule has 0 aliphatic rings. The van der Waals surface area contributed by atoms with Crippen molar-refractivity contribution in [1.29, 1.82) is 0 Å². The van der Waals surface area contributed by atoms with Crippen LogP contribution in [0.5, 0.6) is 0 Å². The predicted molar refractivity (Wildman–Crippen MR) is 75.5 cm³/mol. The number of imide groups is 1. The molecule has 10 heteroatoms. The molecule has 0 fully saturated rings. The lowest BCUT2D eigenvalue weighted by atomic mass is 10.2. The summed E-state index contributed by atoms with van der Waals surface area (Å²) >= 11 is 2.98. The van der Waals surface area contributed by atoms with Gasteiger partial charge >= 0.3 is 12.0 Å². The molecule has 4 N–H and O–H groups in total. The van der Waals surface area contributed by atoms with E-state index in [9.17, 15) is 22.8 Å². The summed E-state index contributed by atoms with van der Waals surface area (Å²) in [5.74, 6) is -2.42. The second-order valence-corrected chi connectivity index (χ2v) is 7.11. The van der Waals surface area contributed by atoms with Crippen LogP contribution in [0.1, 0.15) is 17.3 Å². The molecule has 0 saturated carbocycles. The molecule has 0 aliphatic heterocycles. The van der Waals surface area contributed by atoms with E-state index in [-0.39, 0.29) is 14.9 Å². The topological polar surface area (TPSA) is 144 Å². The van der Waals surface area contributed by atoms with E-state index in [1.807, 2.05) is 0 Å². The second-order valence-electron chi connectivity index (χ2n) is 3.99. The van der Waals surface area contributed by atoms with Crippen LogP contribution in [0.25, 0.3) is 0 Å². The fraction of sp³-hybridized carbons (Fsp3) is 0.182. The average Bonchev–Trinajstić information content (AvgIpc) is 2.36. The fourth-order valence-electron chi connectivity index (χ4n) is 1.41. The van der Waals surface area contributed by atoms with Crippen LogP contribution in [0.4, 0.5) is 4.79 Å². The summed E-state index contributed by atoms with van der Waals surface area (Å²) in [4.78, 5) is 32.8. The van der Waals surface area contributed by atoms with Gasteiger partial charge in [0.1, 0.15) is 5.25 Å². The zero-order chi connectivity index (χ0) is 16.4. The van der Waals surface area contributed by atoms with Gasteiger partial charge < -0.3 is 10.8 Å². The van der Waals surface area contributed by atoms with Crippen LogP contribution in [-0.4, -0.2) is 36.7 Å².